The average molecular weight is 679 g/mol. The zero-order chi connectivity index (χ0) is 38.0. The topological polar surface area (TPSA) is 80.9 Å². The summed E-state index contributed by atoms with van der Waals surface area (Å²) in [6.45, 7) is 34.1. The Bertz CT molecular complexity index is 1640. The van der Waals surface area contributed by atoms with E-state index in [-0.39, 0.29) is 56.5 Å². The van der Waals surface area contributed by atoms with Crippen LogP contribution in [0.3, 0.4) is 0 Å². The van der Waals surface area contributed by atoms with Gasteiger partial charge in [-0.25, -0.2) is 0 Å². The Labute approximate surface area is 302 Å². The molecular formula is C46H62O4. The molecule has 0 amide bonds. The van der Waals surface area contributed by atoms with Gasteiger partial charge in [0.05, 0.1) is 0 Å². The van der Waals surface area contributed by atoms with Crippen molar-refractivity contribution in [2.45, 2.75) is 144 Å². The van der Waals surface area contributed by atoms with Crippen molar-refractivity contribution in [2.75, 3.05) is 0 Å². The van der Waals surface area contributed by atoms with Crippen molar-refractivity contribution in [3.05, 3.63) is 115 Å². The fourth-order valence-corrected chi connectivity index (χ4v) is 9.04. The Hall–Kier alpha value is -3.92. The van der Waals surface area contributed by atoms with Crippen LogP contribution >= 0.6 is 0 Å². The lowest BCUT2D eigenvalue weighted by Crippen LogP contribution is -2.24. The lowest BCUT2D eigenvalue weighted by atomic mass is 9.66. The molecule has 0 aliphatic carbocycles. The van der Waals surface area contributed by atoms with Crippen molar-refractivity contribution in [3.8, 4) is 23.0 Å². The van der Waals surface area contributed by atoms with E-state index in [1.807, 2.05) is 24.3 Å². The van der Waals surface area contributed by atoms with E-state index < -0.39 is 0 Å². The van der Waals surface area contributed by atoms with Crippen LogP contribution in [0, 0.1) is 27.7 Å². The fourth-order valence-electron chi connectivity index (χ4n) is 9.04. The van der Waals surface area contributed by atoms with E-state index in [0.29, 0.717) is 0 Å². The quantitative estimate of drug-likeness (QED) is 0.169. The highest BCUT2D eigenvalue weighted by atomic mass is 16.3. The van der Waals surface area contributed by atoms with Crippen molar-refractivity contribution in [1.29, 1.82) is 0 Å². The van der Waals surface area contributed by atoms with Crippen LogP contribution < -0.4 is 0 Å². The molecule has 4 rings (SSSR count). The molecule has 4 heteroatoms. The first-order valence-electron chi connectivity index (χ1n) is 18.0. The van der Waals surface area contributed by atoms with Crippen LogP contribution in [0.25, 0.3) is 0 Å². The van der Waals surface area contributed by atoms with Gasteiger partial charge in [0.2, 0.25) is 0 Å². The van der Waals surface area contributed by atoms with E-state index in [0.717, 1.165) is 66.8 Å². The highest BCUT2D eigenvalue weighted by Crippen LogP contribution is 2.53. The summed E-state index contributed by atoms with van der Waals surface area (Å²) < 4.78 is 0. The predicted molar refractivity (Wildman–Crippen MR) is 210 cm³/mol. The second kappa shape index (κ2) is 13.0. The first-order valence-corrected chi connectivity index (χ1v) is 18.0. The van der Waals surface area contributed by atoms with Crippen molar-refractivity contribution >= 4 is 0 Å². The summed E-state index contributed by atoms with van der Waals surface area (Å²) >= 11 is 0. The van der Waals surface area contributed by atoms with E-state index >= 15 is 0 Å². The van der Waals surface area contributed by atoms with Crippen molar-refractivity contribution in [3.63, 3.8) is 0 Å². The minimum absolute atomic E-state index is 0.273. The van der Waals surface area contributed by atoms with Crippen LogP contribution in [-0.2, 0) is 21.7 Å². The third-order valence-electron chi connectivity index (χ3n) is 10.6. The Balaban J connectivity index is 2.35. The minimum atomic E-state index is -0.327. The molecule has 0 unspecified atom stereocenters. The van der Waals surface area contributed by atoms with E-state index in [9.17, 15) is 20.4 Å². The molecule has 0 bridgehead atoms. The number of phenols is 4. The van der Waals surface area contributed by atoms with E-state index in [1.54, 1.807) is 0 Å². The molecule has 0 aromatic heterocycles. The Morgan fingerprint density at radius 3 is 0.620 bits per heavy atom. The van der Waals surface area contributed by atoms with Gasteiger partial charge in [-0.2, -0.15) is 0 Å². The minimum Gasteiger partial charge on any atom is -0.508 e. The van der Waals surface area contributed by atoms with Gasteiger partial charge < -0.3 is 20.4 Å². The lowest BCUT2D eigenvalue weighted by molar-refractivity contribution is 0.440. The van der Waals surface area contributed by atoms with Gasteiger partial charge in [-0.1, -0.05) is 107 Å². The maximum Gasteiger partial charge on any atom is 0.119 e. The number of hydrogen-bond donors (Lipinski definition) is 4. The number of phenolic OH excluding ortho intramolecular Hbond substituents is 4. The average Bonchev–Trinajstić information content (AvgIpc) is 2.91. The third-order valence-corrected chi connectivity index (χ3v) is 10.6. The van der Waals surface area contributed by atoms with Gasteiger partial charge in [-0.05, 0) is 118 Å². The maximum absolute atomic E-state index is 11.3. The molecule has 270 valence electrons. The molecule has 4 aromatic carbocycles. The van der Waals surface area contributed by atoms with Gasteiger partial charge in [-0.3, -0.25) is 0 Å². The molecule has 0 saturated heterocycles. The molecule has 0 aliphatic rings. The summed E-state index contributed by atoms with van der Waals surface area (Å²) in [4.78, 5) is 0. The molecule has 4 aromatic rings. The van der Waals surface area contributed by atoms with Crippen LogP contribution in [0.15, 0.2) is 48.5 Å². The van der Waals surface area contributed by atoms with Gasteiger partial charge in [0.15, 0.2) is 0 Å². The van der Waals surface area contributed by atoms with Gasteiger partial charge in [0.1, 0.15) is 23.0 Å². The van der Waals surface area contributed by atoms with Crippen LogP contribution in [0.4, 0.5) is 0 Å². The molecule has 4 N–H and O–H groups in total. The lowest BCUT2D eigenvalue weighted by Gasteiger charge is -2.38. The smallest absolute Gasteiger partial charge is 0.119 e. The molecule has 0 radical (unpaired) electrons. The Kier molecular flexibility index (Phi) is 10.1. The monoisotopic (exact) mass is 678 g/mol. The van der Waals surface area contributed by atoms with Gasteiger partial charge in [0, 0.05) is 34.1 Å². The summed E-state index contributed by atoms with van der Waals surface area (Å²) in [5.74, 6) is 0.560. The predicted octanol–water partition coefficient (Wildman–Crippen LogP) is 11.9. The highest BCUT2D eigenvalue weighted by Gasteiger charge is 2.38. The molecule has 0 saturated carbocycles. The third kappa shape index (κ3) is 7.00. The SMILES string of the molecule is Cc1c(C(c2ccc(O)c(C(C)(C)C)c2C)C(c2ccc(O)c(C(C)(C)C)c2C)c2ccc(O)c(C(C)(C)C)c2C)ccc(O)c1C(C)(C)C. The molecule has 0 atom stereocenters. The largest absolute Gasteiger partial charge is 0.508 e. The highest BCUT2D eigenvalue weighted by molar-refractivity contribution is 5.62. The Morgan fingerprint density at radius 1 is 0.320 bits per heavy atom. The normalized spacial score (nSPS) is 13.1. The van der Waals surface area contributed by atoms with Gasteiger partial charge in [0.25, 0.3) is 0 Å². The summed E-state index contributed by atoms with van der Waals surface area (Å²) in [6, 6.07) is 15.6. The summed E-state index contributed by atoms with van der Waals surface area (Å²) in [7, 11) is 0. The summed E-state index contributed by atoms with van der Waals surface area (Å²) in [6.07, 6.45) is 0. The molecule has 0 fully saturated rings. The summed E-state index contributed by atoms with van der Waals surface area (Å²) in [5, 5.41) is 45.3. The summed E-state index contributed by atoms with van der Waals surface area (Å²) in [5.41, 5.74) is 10.7. The van der Waals surface area contributed by atoms with Crippen LogP contribution in [0.5, 0.6) is 23.0 Å². The fraction of sp³-hybridized carbons (Fsp3) is 0.478. The molecule has 50 heavy (non-hydrogen) atoms. The van der Waals surface area contributed by atoms with Crippen LogP contribution in [-0.4, -0.2) is 20.4 Å². The second-order valence-electron chi connectivity index (χ2n) is 18.7. The zero-order valence-corrected chi connectivity index (χ0v) is 33.6. The van der Waals surface area contributed by atoms with Crippen molar-refractivity contribution in [2.24, 2.45) is 0 Å². The Morgan fingerprint density at radius 2 is 0.480 bits per heavy atom. The second-order valence-corrected chi connectivity index (χ2v) is 18.7. The first kappa shape index (κ1) is 38.9. The number of benzene rings is 4. The number of rotatable bonds is 5. The van der Waals surface area contributed by atoms with Gasteiger partial charge >= 0.3 is 0 Å². The first-order chi connectivity index (χ1) is 22.7. The number of hydrogen-bond acceptors (Lipinski definition) is 4. The van der Waals surface area contributed by atoms with Crippen molar-refractivity contribution < 1.29 is 20.4 Å². The molecule has 0 heterocycles. The van der Waals surface area contributed by atoms with Gasteiger partial charge in [-0.15, -0.1) is 0 Å². The van der Waals surface area contributed by atoms with Crippen molar-refractivity contribution in [1.82, 2.24) is 0 Å². The molecule has 0 spiro atoms. The molecular weight excluding hydrogens is 617 g/mol. The van der Waals surface area contributed by atoms with E-state index in [2.05, 4.69) is 135 Å². The zero-order valence-electron chi connectivity index (χ0n) is 33.6. The van der Waals surface area contributed by atoms with Crippen LogP contribution in [0.1, 0.15) is 162 Å². The standard InChI is InChI=1S/C46H62O4/c1-25-29(17-21-33(47)39(25)43(5,6)7)37(30-18-22-34(48)40(26(30)2)44(8,9)10)38(31-19-23-35(49)41(27(31)3)45(11,12)13)32-20-24-36(50)42(28(32)4)46(14,15)16/h17-24,37-38,47-50H,1-16H3. The molecule has 4 nitrogen and oxygen atoms in total. The van der Waals surface area contributed by atoms with E-state index in [4.69, 9.17) is 0 Å². The molecule has 0 aliphatic heterocycles. The maximum atomic E-state index is 11.3. The number of aromatic hydroxyl groups is 4. The van der Waals surface area contributed by atoms with Crippen LogP contribution in [0.2, 0.25) is 0 Å². The van der Waals surface area contributed by atoms with E-state index in [1.165, 1.54) is 0 Å².